The Morgan fingerprint density at radius 2 is 2.33 bits per heavy atom. The second kappa shape index (κ2) is 4.64. The monoisotopic (exact) mass is 310 g/mol. The van der Waals surface area contributed by atoms with E-state index in [1.165, 1.54) is 0 Å². The first-order chi connectivity index (χ1) is 8.69. The zero-order chi connectivity index (χ0) is 12.6. The van der Waals surface area contributed by atoms with Crippen LogP contribution in [0.5, 0.6) is 0 Å². The molecular formula is C13H15BrN2O2. The highest BCUT2D eigenvalue weighted by molar-refractivity contribution is 9.10. The van der Waals surface area contributed by atoms with E-state index in [0.717, 1.165) is 29.7 Å². The summed E-state index contributed by atoms with van der Waals surface area (Å²) in [5.41, 5.74) is 0.736. The van der Waals surface area contributed by atoms with Crippen LogP contribution in [0.4, 0.5) is 5.69 Å². The normalized spacial score (nSPS) is 28.1. The van der Waals surface area contributed by atoms with Gasteiger partial charge in [0.15, 0.2) is 0 Å². The van der Waals surface area contributed by atoms with Crippen molar-refractivity contribution in [1.29, 1.82) is 0 Å². The van der Waals surface area contributed by atoms with Gasteiger partial charge in [0, 0.05) is 16.7 Å². The number of halogens is 1. The second-order valence-corrected chi connectivity index (χ2v) is 5.77. The van der Waals surface area contributed by atoms with Gasteiger partial charge in [-0.1, -0.05) is 22.0 Å². The molecule has 18 heavy (non-hydrogen) atoms. The van der Waals surface area contributed by atoms with Crippen LogP contribution in [0.3, 0.4) is 0 Å². The molecule has 2 aliphatic heterocycles. The van der Waals surface area contributed by atoms with Crippen LogP contribution in [0, 0.1) is 0 Å². The zero-order valence-corrected chi connectivity index (χ0v) is 11.6. The van der Waals surface area contributed by atoms with Crippen LogP contribution in [0.25, 0.3) is 0 Å². The standard InChI is InChI=1S/C13H15BrN2O2/c14-10-2-1-3-11(6-10)16-9-13(4-5-15-8-13)18-7-12(16)17/h1-3,6,15H,4-5,7-9H2. The van der Waals surface area contributed by atoms with Crippen molar-refractivity contribution < 1.29 is 9.53 Å². The third-order valence-electron chi connectivity index (χ3n) is 3.57. The van der Waals surface area contributed by atoms with Crippen molar-refractivity contribution in [2.75, 3.05) is 31.1 Å². The van der Waals surface area contributed by atoms with Crippen LogP contribution in [0.1, 0.15) is 6.42 Å². The molecular weight excluding hydrogens is 296 g/mol. The minimum Gasteiger partial charge on any atom is -0.362 e. The van der Waals surface area contributed by atoms with E-state index in [2.05, 4.69) is 21.2 Å². The molecule has 0 radical (unpaired) electrons. The fraction of sp³-hybridized carbons (Fsp3) is 0.462. The molecule has 3 rings (SSSR count). The summed E-state index contributed by atoms with van der Waals surface area (Å²) in [7, 11) is 0. The van der Waals surface area contributed by atoms with Crippen molar-refractivity contribution in [2.24, 2.45) is 0 Å². The van der Waals surface area contributed by atoms with Crippen LogP contribution in [0.2, 0.25) is 0 Å². The molecule has 0 aromatic heterocycles. The minimum atomic E-state index is -0.198. The molecule has 1 N–H and O–H groups in total. The Balaban J connectivity index is 1.87. The Bertz CT molecular complexity index is 472. The van der Waals surface area contributed by atoms with Crippen LogP contribution in [-0.4, -0.2) is 37.7 Å². The molecule has 5 heteroatoms. The van der Waals surface area contributed by atoms with Crippen LogP contribution in [0.15, 0.2) is 28.7 Å². The molecule has 1 atom stereocenters. The van der Waals surface area contributed by atoms with Gasteiger partial charge >= 0.3 is 0 Å². The first kappa shape index (κ1) is 12.1. The van der Waals surface area contributed by atoms with E-state index < -0.39 is 0 Å². The van der Waals surface area contributed by atoms with Crippen LogP contribution in [-0.2, 0) is 9.53 Å². The number of hydrogen-bond donors (Lipinski definition) is 1. The van der Waals surface area contributed by atoms with Gasteiger partial charge in [0.05, 0.1) is 6.54 Å². The first-order valence-electron chi connectivity index (χ1n) is 6.09. The maximum Gasteiger partial charge on any atom is 0.253 e. The predicted molar refractivity (Wildman–Crippen MR) is 72.7 cm³/mol. The number of morpholine rings is 1. The highest BCUT2D eigenvalue weighted by atomic mass is 79.9. The average Bonchev–Trinajstić information content (AvgIpc) is 2.81. The summed E-state index contributed by atoms with van der Waals surface area (Å²) in [4.78, 5) is 13.8. The fourth-order valence-electron chi connectivity index (χ4n) is 2.57. The summed E-state index contributed by atoms with van der Waals surface area (Å²) in [5.74, 6) is 0.0330. The number of hydrogen-bond acceptors (Lipinski definition) is 3. The van der Waals surface area contributed by atoms with Gasteiger partial charge in [-0.3, -0.25) is 4.79 Å². The van der Waals surface area contributed by atoms with Gasteiger partial charge in [-0.15, -0.1) is 0 Å². The lowest BCUT2D eigenvalue weighted by molar-refractivity contribution is -0.136. The summed E-state index contributed by atoms with van der Waals surface area (Å²) in [5, 5.41) is 3.31. The number of carbonyl (C=O) groups is 1. The molecule has 0 aliphatic carbocycles. The second-order valence-electron chi connectivity index (χ2n) is 4.86. The zero-order valence-electron chi connectivity index (χ0n) is 9.99. The smallest absolute Gasteiger partial charge is 0.253 e. The highest BCUT2D eigenvalue weighted by Crippen LogP contribution is 2.29. The number of rotatable bonds is 1. The van der Waals surface area contributed by atoms with Crippen molar-refractivity contribution >= 4 is 27.5 Å². The molecule has 1 aromatic carbocycles. The summed E-state index contributed by atoms with van der Waals surface area (Å²) in [6.45, 7) is 2.59. The van der Waals surface area contributed by atoms with Crippen molar-refractivity contribution in [1.82, 2.24) is 5.32 Å². The lowest BCUT2D eigenvalue weighted by Gasteiger charge is -2.39. The van der Waals surface area contributed by atoms with E-state index in [4.69, 9.17) is 4.74 Å². The number of nitrogens with zero attached hydrogens (tertiary/aromatic N) is 1. The van der Waals surface area contributed by atoms with E-state index in [9.17, 15) is 4.79 Å². The van der Waals surface area contributed by atoms with Crippen LogP contribution < -0.4 is 10.2 Å². The van der Waals surface area contributed by atoms with Gasteiger partial charge in [-0.25, -0.2) is 0 Å². The van der Waals surface area contributed by atoms with Crippen molar-refractivity contribution in [3.8, 4) is 0 Å². The van der Waals surface area contributed by atoms with Crippen LogP contribution >= 0.6 is 15.9 Å². The van der Waals surface area contributed by atoms with Gasteiger partial charge in [0.25, 0.3) is 5.91 Å². The van der Waals surface area contributed by atoms with E-state index in [0.29, 0.717) is 6.54 Å². The third-order valence-corrected chi connectivity index (χ3v) is 4.07. The van der Waals surface area contributed by atoms with Gasteiger partial charge in [-0.2, -0.15) is 0 Å². The summed E-state index contributed by atoms with van der Waals surface area (Å²) in [6.07, 6.45) is 0.963. The molecule has 2 heterocycles. The molecule has 1 aromatic rings. The molecule has 2 saturated heterocycles. The Kier molecular flexibility index (Phi) is 3.13. The van der Waals surface area contributed by atoms with Gasteiger partial charge < -0.3 is 15.0 Å². The topological polar surface area (TPSA) is 41.6 Å². The maximum absolute atomic E-state index is 12.0. The minimum absolute atomic E-state index is 0.0330. The maximum atomic E-state index is 12.0. The quantitative estimate of drug-likeness (QED) is 0.855. The predicted octanol–water partition coefficient (Wildman–Crippen LogP) is 1.54. The number of anilines is 1. The lowest BCUT2D eigenvalue weighted by atomic mass is 10.00. The Morgan fingerprint density at radius 1 is 1.44 bits per heavy atom. The molecule has 96 valence electrons. The molecule has 4 nitrogen and oxygen atoms in total. The number of nitrogens with one attached hydrogen (secondary N) is 1. The van der Waals surface area contributed by atoms with Gasteiger partial charge in [0.1, 0.15) is 12.2 Å². The Hall–Kier alpha value is -0.910. The average molecular weight is 311 g/mol. The van der Waals surface area contributed by atoms with Crippen molar-refractivity contribution in [3.63, 3.8) is 0 Å². The van der Waals surface area contributed by atoms with Crippen molar-refractivity contribution in [2.45, 2.75) is 12.0 Å². The number of benzene rings is 1. The largest absolute Gasteiger partial charge is 0.362 e. The Labute approximate surface area is 114 Å². The molecule has 1 unspecified atom stereocenters. The number of carbonyl (C=O) groups excluding carboxylic acids is 1. The number of ether oxygens (including phenoxy) is 1. The van der Waals surface area contributed by atoms with Gasteiger partial charge in [0.2, 0.25) is 0 Å². The van der Waals surface area contributed by atoms with E-state index in [1.54, 1.807) is 0 Å². The number of amides is 1. The van der Waals surface area contributed by atoms with Crippen molar-refractivity contribution in [3.05, 3.63) is 28.7 Å². The molecule has 2 fully saturated rings. The first-order valence-corrected chi connectivity index (χ1v) is 6.89. The van der Waals surface area contributed by atoms with E-state index >= 15 is 0 Å². The summed E-state index contributed by atoms with van der Waals surface area (Å²) < 4.78 is 6.74. The van der Waals surface area contributed by atoms with Gasteiger partial charge in [-0.05, 0) is 31.2 Å². The molecule has 1 amide bonds. The summed E-state index contributed by atoms with van der Waals surface area (Å²) >= 11 is 3.44. The SMILES string of the molecule is O=C1COC2(CCNC2)CN1c1cccc(Br)c1. The van der Waals surface area contributed by atoms with E-state index in [-0.39, 0.29) is 18.1 Å². The molecule has 0 saturated carbocycles. The molecule has 2 aliphatic rings. The highest BCUT2D eigenvalue weighted by Gasteiger charge is 2.42. The Morgan fingerprint density at radius 3 is 3.06 bits per heavy atom. The molecule has 1 spiro atoms. The summed E-state index contributed by atoms with van der Waals surface area (Å²) in [6, 6.07) is 7.84. The fourth-order valence-corrected chi connectivity index (χ4v) is 2.96. The third kappa shape index (κ3) is 2.18. The van der Waals surface area contributed by atoms with E-state index in [1.807, 2.05) is 29.2 Å². The molecule has 0 bridgehead atoms. The lowest BCUT2D eigenvalue weighted by Crippen LogP contribution is -2.55.